The molecule has 0 unspecified atom stereocenters. The summed E-state index contributed by atoms with van der Waals surface area (Å²) in [7, 11) is 7.71. The maximum absolute atomic E-state index is 12.5. The third-order valence-electron chi connectivity index (χ3n) is 6.58. The van der Waals surface area contributed by atoms with E-state index in [0.717, 1.165) is 42.7 Å². The number of carbonyl (C=O) groups excluding carboxylic acids is 1. The van der Waals surface area contributed by atoms with Gasteiger partial charge in [0, 0.05) is 24.2 Å². The Morgan fingerprint density at radius 3 is 2.81 bits per heavy atom. The van der Waals surface area contributed by atoms with Crippen LogP contribution in [0, 0.1) is 0 Å². The molecule has 11 nitrogen and oxygen atoms in total. The Labute approximate surface area is 209 Å². The van der Waals surface area contributed by atoms with Crippen LogP contribution in [0.1, 0.15) is 39.8 Å². The van der Waals surface area contributed by atoms with Crippen molar-refractivity contribution in [3.8, 4) is 22.9 Å². The number of likely N-dealkylation sites (N-methyl/N-ethyl adjacent to an activating group) is 1. The standard InChI is InChI=1S/C25H31N7O4/c1-30(2)12-5-11-26-25(33)16-6-8-18(9-7-16)32-24(27-28-29-32)21-20-17(10-13-31(21)3)14-19-22(23(20)34-4)36-15-35-19/h6-9,14,21H,5,10-13,15H2,1-4H3,(H,26,33)/t21-/m0/s1. The first-order valence-electron chi connectivity index (χ1n) is 12.0. The van der Waals surface area contributed by atoms with E-state index in [9.17, 15) is 4.79 Å². The van der Waals surface area contributed by atoms with Crippen LogP contribution in [0.25, 0.3) is 5.69 Å². The normalized spacial score (nSPS) is 16.8. The van der Waals surface area contributed by atoms with Crippen molar-refractivity contribution < 1.29 is 19.0 Å². The molecule has 2 aromatic carbocycles. The molecular formula is C25H31N7O4. The van der Waals surface area contributed by atoms with Crippen LogP contribution in [0.2, 0.25) is 0 Å². The van der Waals surface area contributed by atoms with Crippen LogP contribution in [0.4, 0.5) is 0 Å². The number of methoxy groups -OCH3 is 1. The monoisotopic (exact) mass is 493 g/mol. The van der Waals surface area contributed by atoms with Gasteiger partial charge in [0.05, 0.1) is 12.8 Å². The molecule has 190 valence electrons. The van der Waals surface area contributed by atoms with E-state index in [-0.39, 0.29) is 18.7 Å². The lowest BCUT2D eigenvalue weighted by atomic mass is 9.90. The highest BCUT2D eigenvalue weighted by Gasteiger charge is 2.37. The number of nitrogens with one attached hydrogen (secondary N) is 1. The Balaban J connectivity index is 1.43. The topological polar surface area (TPSA) is 107 Å². The first-order valence-corrected chi connectivity index (χ1v) is 12.0. The summed E-state index contributed by atoms with van der Waals surface area (Å²) in [6, 6.07) is 9.07. The van der Waals surface area contributed by atoms with Crippen LogP contribution in [0.5, 0.6) is 17.2 Å². The van der Waals surface area contributed by atoms with Gasteiger partial charge in [-0.05, 0) is 86.9 Å². The summed E-state index contributed by atoms with van der Waals surface area (Å²) in [6.07, 6.45) is 1.74. The number of nitrogens with zero attached hydrogens (tertiary/aromatic N) is 6. The molecule has 0 spiro atoms. The minimum atomic E-state index is -0.257. The Hall–Kier alpha value is -3.70. The summed E-state index contributed by atoms with van der Waals surface area (Å²) in [6.45, 7) is 2.54. The highest BCUT2D eigenvalue weighted by Crippen LogP contribution is 2.50. The minimum Gasteiger partial charge on any atom is -0.492 e. The zero-order chi connectivity index (χ0) is 25.2. The molecule has 1 atom stereocenters. The van der Waals surface area contributed by atoms with Crippen molar-refractivity contribution >= 4 is 5.91 Å². The number of tetrazole rings is 1. The van der Waals surface area contributed by atoms with E-state index in [1.54, 1.807) is 23.9 Å². The van der Waals surface area contributed by atoms with E-state index < -0.39 is 0 Å². The molecule has 0 saturated carbocycles. The van der Waals surface area contributed by atoms with Gasteiger partial charge in [0.15, 0.2) is 17.3 Å². The van der Waals surface area contributed by atoms with Gasteiger partial charge in [0.25, 0.3) is 5.91 Å². The summed E-state index contributed by atoms with van der Waals surface area (Å²) < 4.78 is 18.9. The average Bonchev–Trinajstić information content (AvgIpc) is 3.55. The molecule has 1 amide bonds. The van der Waals surface area contributed by atoms with Crippen LogP contribution in [-0.2, 0) is 6.42 Å². The van der Waals surface area contributed by atoms with Crippen molar-refractivity contribution in [2.45, 2.75) is 18.9 Å². The molecule has 0 aliphatic carbocycles. The van der Waals surface area contributed by atoms with E-state index >= 15 is 0 Å². The minimum absolute atomic E-state index is 0.0982. The lowest BCUT2D eigenvalue weighted by Gasteiger charge is -2.34. The number of aromatic nitrogens is 4. The summed E-state index contributed by atoms with van der Waals surface area (Å²) in [5, 5.41) is 15.6. The van der Waals surface area contributed by atoms with Gasteiger partial charge in [-0.3, -0.25) is 9.69 Å². The summed E-state index contributed by atoms with van der Waals surface area (Å²) in [5.74, 6) is 2.50. The lowest BCUT2D eigenvalue weighted by molar-refractivity contribution is 0.0952. The smallest absolute Gasteiger partial charge is 0.251 e. The predicted molar refractivity (Wildman–Crippen MR) is 132 cm³/mol. The largest absolute Gasteiger partial charge is 0.492 e. The number of carbonyl (C=O) groups is 1. The summed E-state index contributed by atoms with van der Waals surface area (Å²) >= 11 is 0. The van der Waals surface area contributed by atoms with Crippen LogP contribution in [-0.4, -0.2) is 90.6 Å². The molecule has 36 heavy (non-hydrogen) atoms. The molecule has 1 N–H and O–H groups in total. The van der Waals surface area contributed by atoms with E-state index in [1.807, 2.05) is 39.3 Å². The van der Waals surface area contributed by atoms with Gasteiger partial charge in [0.1, 0.15) is 6.04 Å². The number of hydrogen-bond donors (Lipinski definition) is 1. The van der Waals surface area contributed by atoms with Crippen molar-refractivity contribution in [3.05, 3.63) is 52.8 Å². The Morgan fingerprint density at radius 1 is 1.25 bits per heavy atom. The predicted octanol–water partition coefficient (Wildman–Crippen LogP) is 1.66. The SMILES string of the molecule is COc1c2c(cc3c1[C@@H](c1nnnn1-c1ccc(C(=O)NCCCN(C)C)cc1)N(C)CC3)OCO2. The molecular weight excluding hydrogens is 462 g/mol. The lowest BCUT2D eigenvalue weighted by Crippen LogP contribution is -2.35. The van der Waals surface area contributed by atoms with Crippen LogP contribution >= 0.6 is 0 Å². The molecule has 0 fully saturated rings. The van der Waals surface area contributed by atoms with Gasteiger partial charge in [-0.1, -0.05) is 0 Å². The van der Waals surface area contributed by atoms with E-state index in [0.29, 0.717) is 35.2 Å². The zero-order valence-electron chi connectivity index (χ0n) is 21.0. The Morgan fingerprint density at radius 2 is 2.06 bits per heavy atom. The van der Waals surface area contributed by atoms with Crippen molar-refractivity contribution in [1.29, 1.82) is 0 Å². The van der Waals surface area contributed by atoms with Gasteiger partial charge < -0.3 is 24.4 Å². The molecule has 1 aromatic heterocycles. The number of rotatable bonds is 8. The molecule has 11 heteroatoms. The molecule has 0 radical (unpaired) electrons. The van der Waals surface area contributed by atoms with Crippen LogP contribution < -0.4 is 19.5 Å². The fourth-order valence-electron chi connectivity index (χ4n) is 4.76. The maximum Gasteiger partial charge on any atom is 0.251 e. The van der Waals surface area contributed by atoms with Crippen LogP contribution in [0.15, 0.2) is 30.3 Å². The molecule has 0 bridgehead atoms. The third kappa shape index (κ3) is 4.47. The molecule has 3 heterocycles. The molecule has 5 rings (SSSR count). The van der Waals surface area contributed by atoms with Gasteiger partial charge in [-0.25, -0.2) is 0 Å². The summed E-state index contributed by atoms with van der Waals surface area (Å²) in [5.41, 5.74) is 3.45. The maximum atomic E-state index is 12.5. The number of benzene rings is 2. The fraction of sp³-hybridized carbons (Fsp3) is 0.440. The highest BCUT2D eigenvalue weighted by atomic mass is 16.7. The molecule has 3 aromatic rings. The van der Waals surface area contributed by atoms with Crippen molar-refractivity contribution in [3.63, 3.8) is 0 Å². The zero-order valence-corrected chi connectivity index (χ0v) is 21.0. The first-order chi connectivity index (χ1) is 17.5. The molecule has 2 aliphatic heterocycles. The molecule has 0 saturated heterocycles. The van der Waals surface area contributed by atoms with Crippen molar-refractivity contribution in [2.75, 3.05) is 54.7 Å². The van der Waals surface area contributed by atoms with Gasteiger partial charge in [-0.2, -0.15) is 4.68 Å². The quantitative estimate of drug-likeness (QED) is 0.469. The second-order valence-corrected chi connectivity index (χ2v) is 9.26. The van der Waals surface area contributed by atoms with E-state index in [2.05, 4.69) is 30.6 Å². The number of hydrogen-bond acceptors (Lipinski definition) is 9. The highest BCUT2D eigenvalue weighted by molar-refractivity contribution is 5.94. The average molecular weight is 494 g/mol. The fourth-order valence-corrected chi connectivity index (χ4v) is 4.76. The Kier molecular flexibility index (Phi) is 6.75. The van der Waals surface area contributed by atoms with Gasteiger partial charge in [0.2, 0.25) is 12.5 Å². The van der Waals surface area contributed by atoms with Gasteiger partial charge in [-0.15, -0.1) is 5.10 Å². The molecule has 2 aliphatic rings. The second-order valence-electron chi connectivity index (χ2n) is 9.26. The first kappa shape index (κ1) is 24.0. The van der Waals surface area contributed by atoms with Crippen molar-refractivity contribution in [1.82, 2.24) is 35.3 Å². The Bertz CT molecular complexity index is 1240. The van der Waals surface area contributed by atoms with Crippen molar-refractivity contribution in [2.24, 2.45) is 0 Å². The summed E-state index contributed by atoms with van der Waals surface area (Å²) in [4.78, 5) is 16.8. The number of fused-ring (bicyclic) bond motifs is 2. The number of ether oxygens (including phenoxy) is 3. The van der Waals surface area contributed by atoms with E-state index in [4.69, 9.17) is 14.2 Å². The number of amides is 1. The van der Waals surface area contributed by atoms with E-state index in [1.165, 1.54) is 0 Å². The van der Waals surface area contributed by atoms with Gasteiger partial charge >= 0.3 is 0 Å². The third-order valence-corrected chi connectivity index (χ3v) is 6.58. The second kappa shape index (κ2) is 10.1. The van der Waals surface area contributed by atoms with Crippen LogP contribution in [0.3, 0.4) is 0 Å².